The SMILES string of the molecule is C=CC(OC(C)C)(OC(C)C)OC(C)C. The Morgan fingerprint density at radius 2 is 1.07 bits per heavy atom. The zero-order chi connectivity index (χ0) is 12.1. The topological polar surface area (TPSA) is 27.7 Å². The summed E-state index contributed by atoms with van der Waals surface area (Å²) < 4.78 is 16.9. The van der Waals surface area contributed by atoms with Crippen LogP contribution in [0.5, 0.6) is 0 Å². The van der Waals surface area contributed by atoms with Gasteiger partial charge in [0.2, 0.25) is 0 Å². The lowest BCUT2D eigenvalue weighted by Gasteiger charge is -2.35. The molecule has 0 aromatic carbocycles. The average Bonchev–Trinajstić information content (AvgIpc) is 1.99. The number of rotatable bonds is 7. The van der Waals surface area contributed by atoms with E-state index in [1.54, 1.807) is 6.08 Å². The molecule has 90 valence electrons. The monoisotopic (exact) mass is 216 g/mol. The van der Waals surface area contributed by atoms with Crippen LogP contribution in [0.4, 0.5) is 0 Å². The van der Waals surface area contributed by atoms with Gasteiger partial charge in [0, 0.05) is 0 Å². The second kappa shape index (κ2) is 6.26. The maximum Gasteiger partial charge on any atom is 0.305 e. The van der Waals surface area contributed by atoms with Gasteiger partial charge in [0.15, 0.2) is 0 Å². The molecule has 3 nitrogen and oxygen atoms in total. The van der Waals surface area contributed by atoms with Gasteiger partial charge in [-0.15, -0.1) is 0 Å². The van der Waals surface area contributed by atoms with Gasteiger partial charge < -0.3 is 14.2 Å². The molecule has 0 aromatic heterocycles. The first kappa shape index (κ1) is 14.6. The van der Waals surface area contributed by atoms with Crippen molar-refractivity contribution in [2.45, 2.75) is 65.8 Å². The molecule has 0 rings (SSSR count). The van der Waals surface area contributed by atoms with E-state index in [0.717, 1.165) is 0 Å². The van der Waals surface area contributed by atoms with E-state index in [2.05, 4.69) is 6.58 Å². The molecule has 0 amide bonds. The van der Waals surface area contributed by atoms with Gasteiger partial charge in [-0.1, -0.05) is 6.58 Å². The zero-order valence-electron chi connectivity index (χ0n) is 10.7. The lowest BCUT2D eigenvalue weighted by atomic mass is 10.4. The van der Waals surface area contributed by atoms with Crippen LogP contribution in [0.2, 0.25) is 0 Å². The summed E-state index contributed by atoms with van der Waals surface area (Å²) in [5.74, 6) is -1.13. The van der Waals surface area contributed by atoms with Crippen molar-refractivity contribution in [3.8, 4) is 0 Å². The molecule has 0 N–H and O–H groups in total. The minimum absolute atomic E-state index is 0.0144. The predicted molar refractivity (Wildman–Crippen MR) is 61.6 cm³/mol. The van der Waals surface area contributed by atoms with Crippen molar-refractivity contribution in [1.82, 2.24) is 0 Å². The predicted octanol–water partition coefficient (Wildman–Crippen LogP) is 3.10. The minimum atomic E-state index is -1.13. The van der Waals surface area contributed by atoms with Gasteiger partial charge in [-0.25, -0.2) is 0 Å². The normalized spacial score (nSPS) is 12.9. The third-order valence-corrected chi connectivity index (χ3v) is 1.45. The molecule has 0 aliphatic carbocycles. The minimum Gasteiger partial charge on any atom is -0.321 e. The van der Waals surface area contributed by atoms with Crippen LogP contribution < -0.4 is 0 Å². The van der Waals surface area contributed by atoms with Crippen molar-refractivity contribution in [3.63, 3.8) is 0 Å². The van der Waals surface area contributed by atoms with Crippen LogP contribution in [0.1, 0.15) is 41.5 Å². The van der Waals surface area contributed by atoms with Gasteiger partial charge >= 0.3 is 5.97 Å². The molecule has 0 saturated carbocycles. The first-order valence-corrected chi connectivity index (χ1v) is 5.48. The summed E-state index contributed by atoms with van der Waals surface area (Å²) in [6.07, 6.45) is 1.61. The summed E-state index contributed by atoms with van der Waals surface area (Å²) in [7, 11) is 0. The Morgan fingerprint density at radius 1 is 0.800 bits per heavy atom. The van der Waals surface area contributed by atoms with Gasteiger partial charge in [-0.3, -0.25) is 0 Å². The van der Waals surface area contributed by atoms with Crippen LogP contribution in [0, 0.1) is 0 Å². The number of ether oxygens (including phenoxy) is 3. The fraction of sp³-hybridized carbons (Fsp3) is 0.833. The molecule has 15 heavy (non-hydrogen) atoms. The standard InChI is InChI=1S/C12H24O3/c1-8-12(13-9(2)3,14-10(4)5)15-11(6)7/h8-11H,1H2,2-7H3. The van der Waals surface area contributed by atoms with Crippen LogP contribution in [0.25, 0.3) is 0 Å². The molecule has 0 atom stereocenters. The third-order valence-electron chi connectivity index (χ3n) is 1.45. The Kier molecular flexibility index (Phi) is 6.10. The number of hydrogen-bond acceptors (Lipinski definition) is 3. The quantitative estimate of drug-likeness (QED) is 0.483. The van der Waals surface area contributed by atoms with Crippen LogP contribution in [-0.4, -0.2) is 24.3 Å². The highest BCUT2D eigenvalue weighted by Gasteiger charge is 2.33. The van der Waals surface area contributed by atoms with Crippen molar-refractivity contribution < 1.29 is 14.2 Å². The summed E-state index contributed by atoms with van der Waals surface area (Å²) in [4.78, 5) is 0. The van der Waals surface area contributed by atoms with E-state index in [-0.39, 0.29) is 18.3 Å². The second-order valence-electron chi connectivity index (χ2n) is 4.31. The van der Waals surface area contributed by atoms with E-state index in [9.17, 15) is 0 Å². The molecule has 0 saturated heterocycles. The van der Waals surface area contributed by atoms with Gasteiger partial charge in [-0.05, 0) is 47.6 Å². The highest BCUT2D eigenvalue weighted by molar-refractivity contribution is 4.83. The van der Waals surface area contributed by atoms with E-state index < -0.39 is 5.97 Å². The van der Waals surface area contributed by atoms with Crippen LogP contribution >= 0.6 is 0 Å². The highest BCUT2D eigenvalue weighted by Crippen LogP contribution is 2.23. The fourth-order valence-electron chi connectivity index (χ4n) is 1.21. The van der Waals surface area contributed by atoms with Crippen molar-refractivity contribution in [3.05, 3.63) is 12.7 Å². The smallest absolute Gasteiger partial charge is 0.305 e. The van der Waals surface area contributed by atoms with Gasteiger partial charge in [0.05, 0.1) is 18.3 Å². The lowest BCUT2D eigenvalue weighted by molar-refractivity contribution is -0.380. The van der Waals surface area contributed by atoms with Gasteiger partial charge in [0.25, 0.3) is 0 Å². The first-order chi connectivity index (χ1) is 6.81. The molecule has 0 radical (unpaired) electrons. The summed E-state index contributed by atoms with van der Waals surface area (Å²) in [6.45, 7) is 15.3. The molecule has 0 aromatic rings. The van der Waals surface area contributed by atoms with Crippen molar-refractivity contribution >= 4 is 0 Å². The van der Waals surface area contributed by atoms with Gasteiger partial charge in [-0.2, -0.15) is 0 Å². The van der Waals surface area contributed by atoms with E-state index in [1.807, 2.05) is 41.5 Å². The Hall–Kier alpha value is -0.380. The molecular weight excluding hydrogens is 192 g/mol. The van der Waals surface area contributed by atoms with E-state index in [4.69, 9.17) is 14.2 Å². The lowest BCUT2D eigenvalue weighted by Crippen LogP contribution is -2.42. The Balaban J connectivity index is 4.66. The highest BCUT2D eigenvalue weighted by atomic mass is 16.9. The largest absolute Gasteiger partial charge is 0.321 e. The maximum absolute atomic E-state index is 5.65. The average molecular weight is 216 g/mol. The molecule has 0 aliphatic rings. The number of hydrogen-bond donors (Lipinski definition) is 0. The molecule has 0 heterocycles. The molecule has 0 unspecified atom stereocenters. The summed E-state index contributed by atoms with van der Waals surface area (Å²) in [5, 5.41) is 0. The van der Waals surface area contributed by atoms with E-state index >= 15 is 0 Å². The molecule has 3 heteroatoms. The molecule has 0 spiro atoms. The summed E-state index contributed by atoms with van der Waals surface area (Å²) in [6, 6.07) is 0. The van der Waals surface area contributed by atoms with Crippen molar-refractivity contribution in [1.29, 1.82) is 0 Å². The van der Waals surface area contributed by atoms with Crippen LogP contribution in [-0.2, 0) is 14.2 Å². The van der Waals surface area contributed by atoms with Crippen LogP contribution in [0.15, 0.2) is 12.7 Å². The first-order valence-electron chi connectivity index (χ1n) is 5.48. The summed E-state index contributed by atoms with van der Waals surface area (Å²) >= 11 is 0. The molecule has 0 aliphatic heterocycles. The van der Waals surface area contributed by atoms with Gasteiger partial charge in [0.1, 0.15) is 0 Å². The van der Waals surface area contributed by atoms with Crippen LogP contribution in [0.3, 0.4) is 0 Å². The maximum atomic E-state index is 5.65. The van der Waals surface area contributed by atoms with Crippen molar-refractivity contribution in [2.24, 2.45) is 0 Å². The Morgan fingerprint density at radius 3 is 1.20 bits per heavy atom. The second-order valence-corrected chi connectivity index (χ2v) is 4.31. The Bertz CT molecular complexity index is 159. The summed E-state index contributed by atoms with van der Waals surface area (Å²) in [5.41, 5.74) is 0. The zero-order valence-corrected chi connectivity index (χ0v) is 10.7. The molecule has 0 bridgehead atoms. The fourth-order valence-corrected chi connectivity index (χ4v) is 1.21. The molecule has 0 fully saturated rings. The van der Waals surface area contributed by atoms with Crippen molar-refractivity contribution in [2.75, 3.05) is 0 Å². The van der Waals surface area contributed by atoms with E-state index in [1.165, 1.54) is 0 Å². The third kappa shape index (κ3) is 5.92. The Labute approximate surface area is 93.4 Å². The molecular formula is C12H24O3. The van der Waals surface area contributed by atoms with E-state index in [0.29, 0.717) is 0 Å².